The molecule has 1 rings (SSSR count). The van der Waals surface area contributed by atoms with Gasteiger partial charge in [-0.1, -0.05) is 13.3 Å². The third-order valence-corrected chi connectivity index (χ3v) is 4.04. The predicted octanol–water partition coefficient (Wildman–Crippen LogP) is 1.94. The molecule has 0 aromatic heterocycles. The Morgan fingerprint density at radius 3 is 2.86 bits per heavy atom. The molecule has 2 nitrogen and oxygen atoms in total. The molecular formula is C11H24N2S. The second-order valence-electron chi connectivity index (χ2n) is 4.10. The van der Waals surface area contributed by atoms with Gasteiger partial charge in [0.1, 0.15) is 0 Å². The first kappa shape index (κ1) is 12.3. The quantitative estimate of drug-likeness (QED) is 0.712. The Morgan fingerprint density at radius 1 is 1.43 bits per heavy atom. The van der Waals surface area contributed by atoms with Crippen LogP contribution in [0, 0.1) is 0 Å². The summed E-state index contributed by atoms with van der Waals surface area (Å²) in [7, 11) is 0. The Labute approximate surface area is 92.6 Å². The Morgan fingerprint density at radius 2 is 2.21 bits per heavy atom. The van der Waals surface area contributed by atoms with E-state index in [-0.39, 0.29) is 0 Å². The molecule has 0 aromatic carbocycles. The van der Waals surface area contributed by atoms with Crippen molar-refractivity contribution in [1.82, 2.24) is 4.90 Å². The van der Waals surface area contributed by atoms with Crippen molar-refractivity contribution in [2.75, 3.05) is 24.6 Å². The van der Waals surface area contributed by atoms with Gasteiger partial charge < -0.3 is 5.73 Å². The van der Waals surface area contributed by atoms with Crippen LogP contribution in [0.25, 0.3) is 0 Å². The van der Waals surface area contributed by atoms with Crippen LogP contribution in [0.5, 0.6) is 0 Å². The van der Waals surface area contributed by atoms with E-state index in [2.05, 4.69) is 18.7 Å². The summed E-state index contributed by atoms with van der Waals surface area (Å²) in [5, 5.41) is 0. The Bertz CT molecular complexity index is 152. The minimum absolute atomic E-state index is 0.649. The topological polar surface area (TPSA) is 29.3 Å². The van der Waals surface area contributed by atoms with Crippen molar-refractivity contribution in [2.24, 2.45) is 5.73 Å². The van der Waals surface area contributed by atoms with Crippen LogP contribution in [0.1, 0.15) is 33.1 Å². The Hall–Kier alpha value is 0.270. The van der Waals surface area contributed by atoms with Crippen molar-refractivity contribution < 1.29 is 0 Å². The number of piperidine rings is 1. The maximum Gasteiger partial charge on any atom is 0.0221 e. The molecule has 0 saturated carbocycles. The highest BCUT2D eigenvalue weighted by molar-refractivity contribution is 7.99. The molecule has 1 heterocycles. The fourth-order valence-corrected chi connectivity index (χ4v) is 2.94. The van der Waals surface area contributed by atoms with Gasteiger partial charge >= 0.3 is 0 Å². The molecule has 2 N–H and O–H groups in total. The van der Waals surface area contributed by atoms with Gasteiger partial charge in [-0.15, -0.1) is 0 Å². The minimum atomic E-state index is 0.649. The van der Waals surface area contributed by atoms with Gasteiger partial charge in [-0.3, -0.25) is 4.90 Å². The maximum absolute atomic E-state index is 5.81. The van der Waals surface area contributed by atoms with Crippen molar-refractivity contribution >= 4 is 11.8 Å². The van der Waals surface area contributed by atoms with Crippen LogP contribution in [0.4, 0.5) is 0 Å². The number of thioether (sulfide) groups is 1. The van der Waals surface area contributed by atoms with E-state index in [0.29, 0.717) is 6.04 Å². The van der Waals surface area contributed by atoms with E-state index < -0.39 is 0 Å². The summed E-state index contributed by atoms with van der Waals surface area (Å²) in [5.74, 6) is 2.49. The highest BCUT2D eigenvalue weighted by atomic mass is 32.2. The van der Waals surface area contributed by atoms with Crippen molar-refractivity contribution in [1.29, 1.82) is 0 Å². The fraction of sp³-hybridized carbons (Fsp3) is 1.00. The van der Waals surface area contributed by atoms with Crippen LogP contribution in [0.2, 0.25) is 0 Å². The molecule has 0 aliphatic carbocycles. The molecule has 0 aromatic rings. The molecule has 0 radical (unpaired) electrons. The smallest absolute Gasteiger partial charge is 0.0221 e. The second kappa shape index (κ2) is 6.70. The lowest BCUT2D eigenvalue weighted by Crippen LogP contribution is -2.49. The number of rotatable bonds is 5. The number of nitrogens with two attached hydrogens (primary N) is 1. The monoisotopic (exact) mass is 216 g/mol. The van der Waals surface area contributed by atoms with E-state index in [1.807, 2.05) is 11.8 Å². The van der Waals surface area contributed by atoms with Gasteiger partial charge in [0.2, 0.25) is 0 Å². The maximum atomic E-state index is 5.81. The molecule has 0 amide bonds. The zero-order valence-corrected chi connectivity index (χ0v) is 10.4. The number of hydrogen-bond donors (Lipinski definition) is 1. The largest absolute Gasteiger partial charge is 0.329 e. The molecule has 3 heteroatoms. The van der Waals surface area contributed by atoms with Crippen LogP contribution in [0.3, 0.4) is 0 Å². The summed E-state index contributed by atoms with van der Waals surface area (Å²) in [6.07, 6.45) is 4.02. The Balaban J connectivity index is 2.34. The minimum Gasteiger partial charge on any atom is -0.329 e. The molecular weight excluding hydrogens is 192 g/mol. The molecule has 84 valence electrons. The zero-order valence-electron chi connectivity index (χ0n) is 9.54. The first-order valence-electron chi connectivity index (χ1n) is 5.83. The zero-order chi connectivity index (χ0) is 10.4. The lowest BCUT2D eigenvalue weighted by molar-refractivity contribution is 0.106. The molecule has 0 bridgehead atoms. The average Bonchev–Trinajstić information content (AvgIpc) is 2.20. The van der Waals surface area contributed by atoms with E-state index in [4.69, 9.17) is 5.73 Å². The second-order valence-corrected chi connectivity index (χ2v) is 5.50. The highest BCUT2D eigenvalue weighted by Gasteiger charge is 2.25. The number of nitrogens with zero attached hydrogens (tertiary/aromatic N) is 1. The van der Waals surface area contributed by atoms with Crippen LogP contribution in [-0.4, -0.2) is 41.6 Å². The van der Waals surface area contributed by atoms with Crippen molar-refractivity contribution in [3.05, 3.63) is 0 Å². The molecule has 2 unspecified atom stereocenters. The fourth-order valence-electron chi connectivity index (χ4n) is 2.31. The molecule has 2 atom stereocenters. The van der Waals surface area contributed by atoms with E-state index in [1.54, 1.807) is 0 Å². The lowest BCUT2D eigenvalue weighted by atomic mass is 9.97. The van der Waals surface area contributed by atoms with Gasteiger partial charge in [0.05, 0.1) is 0 Å². The van der Waals surface area contributed by atoms with Gasteiger partial charge in [-0.05, 0) is 25.5 Å². The van der Waals surface area contributed by atoms with Crippen molar-refractivity contribution in [2.45, 2.75) is 45.2 Å². The van der Waals surface area contributed by atoms with Gasteiger partial charge in [0.15, 0.2) is 0 Å². The van der Waals surface area contributed by atoms with Crippen molar-refractivity contribution in [3.63, 3.8) is 0 Å². The van der Waals surface area contributed by atoms with Crippen LogP contribution in [0.15, 0.2) is 0 Å². The van der Waals surface area contributed by atoms with Gasteiger partial charge in [0, 0.05) is 30.9 Å². The van der Waals surface area contributed by atoms with Crippen molar-refractivity contribution in [3.8, 4) is 0 Å². The average molecular weight is 216 g/mol. The van der Waals surface area contributed by atoms with Crippen LogP contribution in [-0.2, 0) is 0 Å². The van der Waals surface area contributed by atoms with Crippen LogP contribution < -0.4 is 5.73 Å². The van der Waals surface area contributed by atoms with Crippen LogP contribution >= 0.6 is 11.8 Å². The summed E-state index contributed by atoms with van der Waals surface area (Å²) in [6.45, 7) is 6.63. The number of hydrogen-bond acceptors (Lipinski definition) is 3. The van der Waals surface area contributed by atoms with E-state index in [9.17, 15) is 0 Å². The lowest BCUT2D eigenvalue weighted by Gasteiger charge is -2.40. The summed E-state index contributed by atoms with van der Waals surface area (Å²) >= 11 is 2.03. The molecule has 1 saturated heterocycles. The SMILES string of the molecule is CCSCCN1C(C)CCCC1CN. The molecule has 1 aliphatic heterocycles. The summed E-state index contributed by atoms with van der Waals surface area (Å²) in [4.78, 5) is 2.62. The third-order valence-electron chi connectivity index (χ3n) is 3.16. The molecule has 0 spiro atoms. The van der Waals surface area contributed by atoms with Gasteiger partial charge in [-0.25, -0.2) is 0 Å². The van der Waals surface area contributed by atoms with E-state index in [1.165, 1.54) is 37.3 Å². The van der Waals surface area contributed by atoms with Gasteiger partial charge in [-0.2, -0.15) is 11.8 Å². The standard InChI is InChI=1S/C11H24N2S/c1-3-14-8-7-13-10(2)5-4-6-11(13)9-12/h10-11H,3-9,12H2,1-2H3. The number of likely N-dealkylation sites (tertiary alicyclic amines) is 1. The first-order chi connectivity index (χ1) is 6.79. The summed E-state index contributed by atoms with van der Waals surface area (Å²) < 4.78 is 0. The Kier molecular flexibility index (Phi) is 5.90. The van der Waals surface area contributed by atoms with E-state index in [0.717, 1.165) is 12.6 Å². The molecule has 1 fully saturated rings. The van der Waals surface area contributed by atoms with Gasteiger partial charge in [0.25, 0.3) is 0 Å². The third kappa shape index (κ3) is 3.44. The first-order valence-corrected chi connectivity index (χ1v) is 6.98. The normalized spacial score (nSPS) is 29.4. The molecule has 14 heavy (non-hydrogen) atoms. The summed E-state index contributed by atoms with van der Waals surface area (Å²) in [6, 6.07) is 1.39. The molecule has 1 aliphatic rings. The highest BCUT2D eigenvalue weighted by Crippen LogP contribution is 2.22. The summed E-state index contributed by atoms with van der Waals surface area (Å²) in [5.41, 5.74) is 5.81. The van der Waals surface area contributed by atoms with E-state index >= 15 is 0 Å². The predicted molar refractivity (Wildman–Crippen MR) is 65.9 cm³/mol.